The maximum Gasteiger partial charge on any atom is 0.124 e. The molecule has 0 unspecified atom stereocenters. The van der Waals surface area contributed by atoms with Gasteiger partial charge in [-0.1, -0.05) is 42.9 Å². The fourth-order valence-electron chi connectivity index (χ4n) is 1.45. The summed E-state index contributed by atoms with van der Waals surface area (Å²) in [6, 6.07) is 6.00. The molecule has 0 spiro atoms. The second kappa shape index (κ2) is 6.73. The average molecular weight is 331 g/mol. The van der Waals surface area contributed by atoms with E-state index >= 15 is 0 Å². The van der Waals surface area contributed by atoms with Gasteiger partial charge in [0, 0.05) is 25.4 Å². The smallest absolute Gasteiger partial charge is 0.124 e. The highest BCUT2D eigenvalue weighted by Crippen LogP contribution is 2.30. The minimum atomic E-state index is -0.700. The Morgan fingerprint density at radius 1 is 1.28 bits per heavy atom. The van der Waals surface area contributed by atoms with Crippen LogP contribution in [0.1, 0.15) is 19.4 Å². The predicted molar refractivity (Wildman–Crippen MR) is 83.3 cm³/mol. The van der Waals surface area contributed by atoms with Crippen molar-refractivity contribution in [1.29, 1.82) is 0 Å². The van der Waals surface area contributed by atoms with Crippen LogP contribution >= 0.6 is 15.9 Å². The third kappa shape index (κ3) is 4.41. The molecule has 0 aromatic heterocycles. The zero-order valence-corrected chi connectivity index (χ0v) is 14.7. The molecule has 0 atom stereocenters. The topological polar surface area (TPSA) is 18.5 Å². The lowest BCUT2D eigenvalue weighted by molar-refractivity contribution is 0.0990. The Bertz CT molecular complexity index is 391. The molecule has 18 heavy (non-hydrogen) atoms. The summed E-state index contributed by atoms with van der Waals surface area (Å²) >= 11 is 3.48. The Morgan fingerprint density at radius 3 is 2.50 bits per heavy atom. The first-order chi connectivity index (χ1) is 8.36. The van der Waals surface area contributed by atoms with Gasteiger partial charge in [-0.15, -0.1) is 0 Å². The largest absolute Gasteiger partial charge is 0.496 e. The summed E-state index contributed by atoms with van der Waals surface area (Å²) in [5.41, 5.74) is 1.09. The molecule has 1 rings (SSSR count). The molecule has 0 saturated heterocycles. The standard InChI is InChI=1S/C14H23BrO2Si/c1-14(2,18(4)5)10-17-9-11-8-12(15)6-7-13(11)16-3/h6-8,18H,9-10H2,1-5H3. The van der Waals surface area contributed by atoms with Gasteiger partial charge in [0.25, 0.3) is 0 Å². The Labute approximate surface area is 120 Å². The van der Waals surface area contributed by atoms with E-state index in [2.05, 4.69) is 48.9 Å². The van der Waals surface area contributed by atoms with Gasteiger partial charge in [0.05, 0.1) is 13.7 Å². The molecule has 0 heterocycles. The SMILES string of the molecule is COc1ccc(Br)cc1COCC(C)(C)[SiH](C)C. The Kier molecular flexibility index (Phi) is 5.88. The van der Waals surface area contributed by atoms with Crippen LogP contribution < -0.4 is 4.74 Å². The molecular weight excluding hydrogens is 308 g/mol. The number of hydrogen-bond acceptors (Lipinski definition) is 2. The molecule has 0 N–H and O–H groups in total. The van der Waals surface area contributed by atoms with Crippen LogP contribution in [0, 0.1) is 0 Å². The van der Waals surface area contributed by atoms with Crippen LogP contribution in [-0.4, -0.2) is 22.5 Å². The van der Waals surface area contributed by atoms with Gasteiger partial charge in [0.1, 0.15) is 5.75 Å². The van der Waals surface area contributed by atoms with Crippen molar-refractivity contribution in [2.45, 2.75) is 38.6 Å². The molecular formula is C14H23BrO2Si. The van der Waals surface area contributed by atoms with Crippen LogP contribution in [0.4, 0.5) is 0 Å². The van der Waals surface area contributed by atoms with Crippen molar-refractivity contribution in [1.82, 2.24) is 0 Å². The number of ether oxygens (including phenoxy) is 2. The van der Waals surface area contributed by atoms with Gasteiger partial charge in [0.15, 0.2) is 0 Å². The predicted octanol–water partition coefficient (Wildman–Crippen LogP) is 4.24. The van der Waals surface area contributed by atoms with Crippen LogP contribution in [0.15, 0.2) is 22.7 Å². The van der Waals surface area contributed by atoms with Crippen LogP contribution in [0.3, 0.4) is 0 Å². The molecule has 0 amide bonds. The van der Waals surface area contributed by atoms with Gasteiger partial charge in [-0.05, 0) is 23.2 Å². The molecule has 0 aliphatic heterocycles. The molecule has 2 nitrogen and oxygen atoms in total. The van der Waals surface area contributed by atoms with Gasteiger partial charge >= 0.3 is 0 Å². The minimum Gasteiger partial charge on any atom is -0.496 e. The zero-order chi connectivity index (χ0) is 13.8. The van der Waals surface area contributed by atoms with Crippen molar-refractivity contribution in [2.75, 3.05) is 13.7 Å². The molecule has 0 saturated carbocycles. The van der Waals surface area contributed by atoms with E-state index in [0.717, 1.165) is 22.4 Å². The van der Waals surface area contributed by atoms with Crippen LogP contribution in [0.5, 0.6) is 5.75 Å². The lowest BCUT2D eigenvalue weighted by Crippen LogP contribution is -2.26. The fourth-order valence-corrected chi connectivity index (χ4v) is 2.31. The van der Waals surface area contributed by atoms with E-state index in [0.29, 0.717) is 11.6 Å². The highest BCUT2D eigenvalue weighted by molar-refractivity contribution is 9.10. The first kappa shape index (κ1) is 15.7. The van der Waals surface area contributed by atoms with Crippen LogP contribution in [0.2, 0.25) is 18.1 Å². The van der Waals surface area contributed by atoms with Crippen molar-refractivity contribution >= 4 is 24.7 Å². The van der Waals surface area contributed by atoms with Crippen LogP contribution in [-0.2, 0) is 11.3 Å². The molecule has 0 bridgehead atoms. The van der Waals surface area contributed by atoms with Gasteiger partial charge in [0.2, 0.25) is 0 Å². The highest BCUT2D eigenvalue weighted by Gasteiger charge is 2.23. The lowest BCUT2D eigenvalue weighted by Gasteiger charge is -2.28. The van der Waals surface area contributed by atoms with Gasteiger partial charge in [-0.25, -0.2) is 0 Å². The van der Waals surface area contributed by atoms with Gasteiger partial charge < -0.3 is 9.47 Å². The van der Waals surface area contributed by atoms with E-state index in [1.807, 2.05) is 12.1 Å². The molecule has 0 aliphatic rings. The van der Waals surface area contributed by atoms with E-state index in [-0.39, 0.29) is 0 Å². The normalized spacial score (nSPS) is 11.9. The summed E-state index contributed by atoms with van der Waals surface area (Å²) in [5.74, 6) is 0.887. The first-order valence-electron chi connectivity index (χ1n) is 6.27. The number of rotatable bonds is 6. The van der Waals surface area contributed by atoms with Gasteiger partial charge in [-0.2, -0.15) is 0 Å². The van der Waals surface area contributed by atoms with E-state index < -0.39 is 8.80 Å². The maximum atomic E-state index is 5.88. The summed E-state index contributed by atoms with van der Waals surface area (Å²) in [7, 11) is 0.992. The number of halogens is 1. The summed E-state index contributed by atoms with van der Waals surface area (Å²) < 4.78 is 12.3. The summed E-state index contributed by atoms with van der Waals surface area (Å²) in [6.45, 7) is 10.7. The third-order valence-electron chi connectivity index (χ3n) is 3.54. The van der Waals surface area contributed by atoms with E-state index in [9.17, 15) is 0 Å². The molecule has 0 fully saturated rings. The first-order valence-corrected chi connectivity index (χ1v) is 9.95. The monoisotopic (exact) mass is 330 g/mol. The van der Waals surface area contributed by atoms with E-state index in [1.165, 1.54) is 0 Å². The Morgan fingerprint density at radius 2 is 1.94 bits per heavy atom. The quantitative estimate of drug-likeness (QED) is 0.726. The van der Waals surface area contributed by atoms with Crippen molar-refractivity contribution in [3.05, 3.63) is 28.2 Å². The molecule has 102 valence electrons. The molecule has 0 aliphatic carbocycles. The minimum absolute atomic E-state index is 0.333. The number of hydrogen-bond donors (Lipinski definition) is 0. The second-order valence-corrected chi connectivity index (χ2v) is 10.4. The van der Waals surface area contributed by atoms with Gasteiger partial charge in [-0.3, -0.25) is 0 Å². The number of methoxy groups -OCH3 is 1. The summed E-state index contributed by atoms with van der Waals surface area (Å²) in [6.07, 6.45) is 0. The zero-order valence-electron chi connectivity index (χ0n) is 11.9. The molecule has 1 aromatic rings. The van der Waals surface area contributed by atoms with E-state index in [1.54, 1.807) is 7.11 Å². The Balaban J connectivity index is 2.61. The molecule has 1 aromatic carbocycles. The third-order valence-corrected chi connectivity index (χ3v) is 7.32. The molecule has 4 heteroatoms. The Hall–Kier alpha value is -0.323. The van der Waals surface area contributed by atoms with Crippen molar-refractivity contribution in [3.8, 4) is 5.75 Å². The van der Waals surface area contributed by atoms with Crippen molar-refractivity contribution < 1.29 is 9.47 Å². The van der Waals surface area contributed by atoms with Crippen molar-refractivity contribution in [2.24, 2.45) is 0 Å². The highest BCUT2D eigenvalue weighted by atomic mass is 79.9. The second-order valence-electron chi connectivity index (χ2n) is 5.59. The molecule has 0 radical (unpaired) electrons. The van der Waals surface area contributed by atoms with Crippen molar-refractivity contribution in [3.63, 3.8) is 0 Å². The summed E-state index contributed by atoms with van der Waals surface area (Å²) in [4.78, 5) is 0. The van der Waals surface area contributed by atoms with E-state index in [4.69, 9.17) is 9.47 Å². The maximum absolute atomic E-state index is 5.88. The van der Waals surface area contributed by atoms with Crippen LogP contribution in [0.25, 0.3) is 0 Å². The number of benzene rings is 1. The fraction of sp³-hybridized carbons (Fsp3) is 0.571. The lowest BCUT2D eigenvalue weighted by atomic mass is 10.2. The summed E-state index contributed by atoms with van der Waals surface area (Å²) in [5, 5.41) is 0.333. The average Bonchev–Trinajstić information content (AvgIpc) is 2.29.